The number of aromatic nitrogens is 3. The highest BCUT2D eigenvalue weighted by atomic mass is 32.2. The number of halogens is 1. The number of rotatable bonds is 15. The molecule has 0 saturated carbocycles. The summed E-state index contributed by atoms with van der Waals surface area (Å²) in [5, 5.41) is 2.84. The average Bonchev–Trinajstić information content (AvgIpc) is 3.52. The van der Waals surface area contributed by atoms with Gasteiger partial charge in [0.1, 0.15) is 23.7 Å². The molecule has 0 aliphatic rings. The van der Waals surface area contributed by atoms with E-state index in [1.807, 2.05) is 67.6 Å². The minimum atomic E-state index is -4.28. The summed E-state index contributed by atoms with van der Waals surface area (Å²) >= 11 is 0. The molecule has 0 unspecified atom stereocenters. The van der Waals surface area contributed by atoms with Gasteiger partial charge >= 0.3 is 0 Å². The van der Waals surface area contributed by atoms with Crippen molar-refractivity contribution in [3.05, 3.63) is 154 Å². The molecule has 4 aromatic carbocycles. The molecule has 10 nitrogen and oxygen atoms in total. The van der Waals surface area contributed by atoms with Gasteiger partial charge in [0.2, 0.25) is 11.8 Å². The Hall–Kier alpha value is -5.88. The number of benzene rings is 4. The fraction of sp³-hybridized carbons (Fsp3) is 0.220. The molecule has 12 heteroatoms. The summed E-state index contributed by atoms with van der Waals surface area (Å²) < 4.78 is 48.0. The van der Waals surface area contributed by atoms with Gasteiger partial charge in [0.05, 0.1) is 17.0 Å². The summed E-state index contributed by atoms with van der Waals surface area (Å²) in [6, 6.07) is 31.0. The van der Waals surface area contributed by atoms with Crippen LogP contribution in [0, 0.1) is 5.82 Å². The third-order valence-corrected chi connectivity index (χ3v) is 10.4. The van der Waals surface area contributed by atoms with Crippen molar-refractivity contribution in [1.29, 1.82) is 0 Å². The first-order chi connectivity index (χ1) is 25.6. The fourth-order valence-electron chi connectivity index (χ4n) is 6.16. The van der Waals surface area contributed by atoms with Crippen LogP contribution < -0.4 is 15.6 Å². The zero-order valence-electron chi connectivity index (χ0n) is 29.3. The first kappa shape index (κ1) is 36.9. The molecule has 0 saturated heterocycles. The van der Waals surface area contributed by atoms with E-state index in [4.69, 9.17) is 4.98 Å². The van der Waals surface area contributed by atoms with E-state index in [1.165, 1.54) is 16.7 Å². The first-order valence-corrected chi connectivity index (χ1v) is 19.0. The van der Waals surface area contributed by atoms with Crippen LogP contribution in [0.5, 0.6) is 0 Å². The SMILES string of the molecule is CCCCc1nc2ccn(CC(=O)NCc3ccccc3)c(=O)c2n1Cc1ccc(-c2ccccc2S(=O)(=O)NC(=O)CCc2ccccc2)cc1F. The molecule has 0 fully saturated rings. The third kappa shape index (κ3) is 8.96. The number of nitrogens with one attached hydrogen (secondary N) is 2. The second kappa shape index (κ2) is 16.6. The van der Waals surface area contributed by atoms with Crippen molar-refractivity contribution in [2.24, 2.45) is 0 Å². The molecule has 6 aromatic rings. The number of hydrogen-bond acceptors (Lipinski definition) is 6. The van der Waals surface area contributed by atoms with Gasteiger partial charge in [-0.15, -0.1) is 0 Å². The molecule has 0 atom stereocenters. The van der Waals surface area contributed by atoms with Crippen molar-refractivity contribution in [2.75, 3.05) is 0 Å². The average molecular weight is 734 g/mol. The van der Waals surface area contributed by atoms with E-state index in [9.17, 15) is 22.8 Å². The van der Waals surface area contributed by atoms with Gasteiger partial charge in [-0.2, -0.15) is 0 Å². The number of imidazole rings is 1. The lowest BCUT2D eigenvalue weighted by molar-refractivity contribution is -0.122. The Balaban J connectivity index is 1.24. The maximum atomic E-state index is 16.0. The molecule has 53 heavy (non-hydrogen) atoms. The number of nitrogens with zero attached hydrogens (tertiary/aromatic N) is 3. The zero-order chi connectivity index (χ0) is 37.4. The van der Waals surface area contributed by atoms with Gasteiger partial charge < -0.3 is 14.5 Å². The highest BCUT2D eigenvalue weighted by Gasteiger charge is 2.23. The van der Waals surface area contributed by atoms with Crippen LogP contribution in [0.4, 0.5) is 4.39 Å². The van der Waals surface area contributed by atoms with Crippen LogP contribution in [-0.4, -0.2) is 34.4 Å². The van der Waals surface area contributed by atoms with Crippen molar-refractivity contribution in [2.45, 2.75) is 63.6 Å². The number of amides is 2. The van der Waals surface area contributed by atoms with Crippen LogP contribution >= 0.6 is 0 Å². The maximum absolute atomic E-state index is 16.0. The molecular formula is C41H40FN5O5S. The van der Waals surface area contributed by atoms with Crippen LogP contribution in [0.25, 0.3) is 22.2 Å². The predicted molar refractivity (Wildman–Crippen MR) is 202 cm³/mol. The second-order valence-corrected chi connectivity index (χ2v) is 14.4. The molecule has 0 aliphatic carbocycles. The molecule has 6 rings (SSSR count). The summed E-state index contributed by atoms with van der Waals surface area (Å²) in [4.78, 5) is 43.9. The van der Waals surface area contributed by atoms with Crippen LogP contribution in [-0.2, 0) is 52.1 Å². The smallest absolute Gasteiger partial charge is 0.277 e. The van der Waals surface area contributed by atoms with E-state index in [-0.39, 0.29) is 47.0 Å². The predicted octanol–water partition coefficient (Wildman–Crippen LogP) is 6.15. The topological polar surface area (TPSA) is 132 Å². The van der Waals surface area contributed by atoms with E-state index in [0.717, 1.165) is 24.0 Å². The Bertz CT molecular complexity index is 2410. The molecule has 2 amide bonds. The number of carbonyl (C=O) groups is 2. The van der Waals surface area contributed by atoms with Gasteiger partial charge in [-0.25, -0.2) is 22.5 Å². The van der Waals surface area contributed by atoms with E-state index >= 15 is 4.39 Å². The zero-order valence-corrected chi connectivity index (χ0v) is 30.1. The minimum Gasteiger partial charge on any atom is -0.350 e. The highest BCUT2D eigenvalue weighted by molar-refractivity contribution is 7.90. The molecule has 0 bridgehead atoms. The molecule has 272 valence electrons. The summed E-state index contributed by atoms with van der Waals surface area (Å²) in [7, 11) is -4.28. The number of unbranched alkanes of at least 4 members (excludes halogenated alkanes) is 1. The quantitative estimate of drug-likeness (QED) is 0.130. The van der Waals surface area contributed by atoms with Crippen LogP contribution in [0.2, 0.25) is 0 Å². The van der Waals surface area contributed by atoms with Crippen molar-refractivity contribution < 1.29 is 22.4 Å². The van der Waals surface area contributed by atoms with Gasteiger partial charge in [0.15, 0.2) is 0 Å². The molecule has 2 aromatic heterocycles. The van der Waals surface area contributed by atoms with Gasteiger partial charge in [-0.1, -0.05) is 104 Å². The van der Waals surface area contributed by atoms with Crippen molar-refractivity contribution in [3.63, 3.8) is 0 Å². The molecule has 0 aliphatic heterocycles. The van der Waals surface area contributed by atoms with Gasteiger partial charge in [0, 0.05) is 36.7 Å². The molecule has 2 heterocycles. The number of hydrogen-bond donors (Lipinski definition) is 2. The van der Waals surface area contributed by atoms with Crippen LogP contribution in [0.1, 0.15) is 48.7 Å². The number of sulfonamides is 1. The number of aryl methyl sites for hydroxylation is 2. The van der Waals surface area contributed by atoms with E-state index in [0.29, 0.717) is 36.3 Å². The lowest BCUT2D eigenvalue weighted by Gasteiger charge is -2.14. The standard InChI is InChI=1S/C41H40FN5O5S/c1-2-3-18-37-44-35-23-24-46(28-39(49)43-26-30-14-8-5-9-15-30)41(50)40(35)47(37)27-32-21-20-31(25-34(32)42)33-16-10-11-17-36(33)53(51,52)45-38(48)22-19-29-12-6-4-7-13-29/h4-17,20-21,23-25H,2-3,18-19,22,26-28H2,1H3,(H,43,49)(H,45,48). The van der Waals surface area contributed by atoms with Crippen LogP contribution in [0.3, 0.4) is 0 Å². The Morgan fingerprint density at radius 1 is 0.830 bits per heavy atom. The molecule has 0 spiro atoms. The number of pyridine rings is 1. The van der Waals surface area contributed by atoms with Crippen molar-refractivity contribution in [1.82, 2.24) is 24.2 Å². The fourth-order valence-corrected chi connectivity index (χ4v) is 7.41. The minimum absolute atomic E-state index is 0.0153. The van der Waals surface area contributed by atoms with Gasteiger partial charge in [-0.05, 0) is 47.7 Å². The van der Waals surface area contributed by atoms with Gasteiger partial charge in [0.25, 0.3) is 15.6 Å². The lowest BCUT2D eigenvalue weighted by Crippen LogP contribution is -2.32. The normalized spacial score (nSPS) is 11.4. The Morgan fingerprint density at radius 2 is 1.53 bits per heavy atom. The van der Waals surface area contributed by atoms with Crippen molar-refractivity contribution >= 4 is 32.9 Å². The first-order valence-electron chi connectivity index (χ1n) is 17.5. The third-order valence-electron chi connectivity index (χ3n) is 8.95. The van der Waals surface area contributed by atoms with Gasteiger partial charge in [-0.3, -0.25) is 14.4 Å². The largest absolute Gasteiger partial charge is 0.350 e. The van der Waals surface area contributed by atoms with E-state index in [1.54, 1.807) is 47.2 Å². The molecule has 0 radical (unpaired) electrons. The van der Waals surface area contributed by atoms with Crippen LogP contribution in [0.15, 0.2) is 125 Å². The van der Waals surface area contributed by atoms with E-state index < -0.39 is 27.3 Å². The summed E-state index contributed by atoms with van der Waals surface area (Å²) in [5.41, 5.74) is 2.92. The number of carbonyl (C=O) groups excluding carboxylic acids is 2. The second-order valence-electron chi connectivity index (χ2n) is 12.8. The number of fused-ring (bicyclic) bond motifs is 1. The molecular weight excluding hydrogens is 694 g/mol. The lowest BCUT2D eigenvalue weighted by atomic mass is 10.0. The Labute approximate surface area is 307 Å². The Morgan fingerprint density at radius 3 is 2.25 bits per heavy atom. The van der Waals surface area contributed by atoms with Crippen molar-refractivity contribution in [3.8, 4) is 11.1 Å². The summed E-state index contributed by atoms with van der Waals surface area (Å²) in [5.74, 6) is -0.971. The highest BCUT2D eigenvalue weighted by Crippen LogP contribution is 2.29. The molecule has 2 N–H and O–H groups in total. The maximum Gasteiger partial charge on any atom is 0.277 e. The monoisotopic (exact) mass is 733 g/mol. The summed E-state index contributed by atoms with van der Waals surface area (Å²) in [6.07, 6.45) is 4.14. The Kier molecular flexibility index (Phi) is 11.6. The summed E-state index contributed by atoms with van der Waals surface area (Å²) in [6.45, 7) is 2.15. The van der Waals surface area contributed by atoms with E-state index in [2.05, 4.69) is 10.0 Å².